The zero-order valence-corrected chi connectivity index (χ0v) is 12.3. The Kier molecular flexibility index (Phi) is 4.06. The van der Waals surface area contributed by atoms with Gasteiger partial charge in [0.25, 0.3) is 0 Å². The van der Waals surface area contributed by atoms with E-state index in [1.807, 2.05) is 11.8 Å². The molecule has 2 nitrogen and oxygen atoms in total. The van der Waals surface area contributed by atoms with Crippen molar-refractivity contribution in [2.45, 2.75) is 76.8 Å². The van der Waals surface area contributed by atoms with E-state index in [-0.39, 0.29) is 5.54 Å². The number of amidine groups is 1. The number of rotatable bonds is 4. The maximum atomic E-state index is 5.02. The van der Waals surface area contributed by atoms with Crippen LogP contribution < -0.4 is 5.32 Å². The van der Waals surface area contributed by atoms with Crippen LogP contribution in [-0.4, -0.2) is 22.0 Å². The van der Waals surface area contributed by atoms with Gasteiger partial charge in [-0.25, -0.2) is 0 Å². The summed E-state index contributed by atoms with van der Waals surface area (Å²) in [6.45, 7) is 6.85. The molecule has 1 fully saturated rings. The standard InChI is InChI=1S/C14H26N2S/c1-4-13(5-2,6-3)15-12-16-14(11-17-12)9-7-8-10-14/h4-11H2,1-3H3,(H,15,16). The van der Waals surface area contributed by atoms with Crippen molar-refractivity contribution >= 4 is 16.9 Å². The fraction of sp³-hybridized carbons (Fsp3) is 0.929. The van der Waals surface area contributed by atoms with Crippen LogP contribution in [0.5, 0.6) is 0 Å². The second kappa shape index (κ2) is 5.21. The van der Waals surface area contributed by atoms with Gasteiger partial charge < -0.3 is 5.32 Å². The first-order chi connectivity index (χ1) is 8.17. The van der Waals surface area contributed by atoms with Crippen LogP contribution in [0.3, 0.4) is 0 Å². The molecule has 0 aromatic heterocycles. The Morgan fingerprint density at radius 1 is 1.18 bits per heavy atom. The quantitative estimate of drug-likeness (QED) is 0.821. The smallest absolute Gasteiger partial charge is 0.157 e. The summed E-state index contributed by atoms with van der Waals surface area (Å²) < 4.78 is 0. The largest absolute Gasteiger partial charge is 0.360 e. The normalized spacial score (nSPS) is 23.1. The van der Waals surface area contributed by atoms with Crippen LogP contribution in [0.2, 0.25) is 0 Å². The van der Waals surface area contributed by atoms with E-state index < -0.39 is 0 Å². The molecule has 0 amide bonds. The molecular formula is C14H26N2S. The average molecular weight is 254 g/mol. The van der Waals surface area contributed by atoms with Crippen molar-refractivity contribution in [3.8, 4) is 0 Å². The van der Waals surface area contributed by atoms with Crippen molar-refractivity contribution in [3.05, 3.63) is 0 Å². The summed E-state index contributed by atoms with van der Waals surface area (Å²) in [4.78, 5) is 5.02. The van der Waals surface area contributed by atoms with Crippen molar-refractivity contribution in [2.75, 3.05) is 5.75 Å². The summed E-state index contributed by atoms with van der Waals surface area (Å²) in [5.74, 6) is 1.21. The zero-order valence-electron chi connectivity index (χ0n) is 11.5. The maximum absolute atomic E-state index is 5.02. The van der Waals surface area contributed by atoms with Crippen LogP contribution in [0.1, 0.15) is 65.7 Å². The lowest BCUT2D eigenvalue weighted by Gasteiger charge is -2.32. The highest BCUT2D eigenvalue weighted by Crippen LogP contribution is 2.41. The van der Waals surface area contributed by atoms with Crippen LogP contribution in [-0.2, 0) is 0 Å². The minimum atomic E-state index is 0.274. The lowest BCUT2D eigenvalue weighted by molar-refractivity contribution is 0.340. The van der Waals surface area contributed by atoms with Gasteiger partial charge in [0.05, 0.1) is 5.54 Å². The highest BCUT2D eigenvalue weighted by Gasteiger charge is 2.39. The van der Waals surface area contributed by atoms with Crippen molar-refractivity contribution < 1.29 is 0 Å². The van der Waals surface area contributed by atoms with Gasteiger partial charge in [0.2, 0.25) is 0 Å². The molecule has 0 aromatic carbocycles. The fourth-order valence-electron chi connectivity index (χ4n) is 3.08. The molecule has 17 heavy (non-hydrogen) atoms. The van der Waals surface area contributed by atoms with Gasteiger partial charge in [0.15, 0.2) is 5.17 Å². The topological polar surface area (TPSA) is 24.4 Å². The van der Waals surface area contributed by atoms with E-state index in [1.165, 1.54) is 55.9 Å². The minimum Gasteiger partial charge on any atom is -0.360 e. The van der Waals surface area contributed by atoms with E-state index >= 15 is 0 Å². The first-order valence-corrected chi connectivity index (χ1v) is 8.17. The van der Waals surface area contributed by atoms with Crippen LogP contribution in [0, 0.1) is 0 Å². The van der Waals surface area contributed by atoms with Gasteiger partial charge >= 0.3 is 0 Å². The van der Waals surface area contributed by atoms with E-state index in [0.29, 0.717) is 5.54 Å². The Morgan fingerprint density at radius 2 is 1.76 bits per heavy atom. The number of aliphatic imine (C=N–C) groups is 1. The molecule has 1 saturated carbocycles. The Labute approximate surface area is 110 Å². The van der Waals surface area contributed by atoms with Gasteiger partial charge in [-0.3, -0.25) is 4.99 Å². The first-order valence-electron chi connectivity index (χ1n) is 7.18. The molecule has 1 aliphatic carbocycles. The van der Waals surface area contributed by atoms with E-state index in [9.17, 15) is 0 Å². The van der Waals surface area contributed by atoms with Gasteiger partial charge in [0, 0.05) is 11.3 Å². The SMILES string of the molecule is CCC(CC)(CC)NC1=NC2(CCCC2)CS1. The van der Waals surface area contributed by atoms with Crippen molar-refractivity contribution in [1.29, 1.82) is 0 Å². The Hall–Kier alpha value is -0.180. The molecule has 1 N–H and O–H groups in total. The number of nitrogens with one attached hydrogen (secondary N) is 1. The fourth-order valence-corrected chi connectivity index (χ4v) is 4.38. The summed E-state index contributed by atoms with van der Waals surface area (Å²) in [7, 11) is 0. The van der Waals surface area contributed by atoms with Gasteiger partial charge in [-0.1, -0.05) is 45.4 Å². The van der Waals surface area contributed by atoms with E-state index in [1.54, 1.807) is 0 Å². The number of hydrogen-bond acceptors (Lipinski definition) is 3. The van der Waals surface area contributed by atoms with Gasteiger partial charge in [-0.05, 0) is 32.1 Å². The number of thioether (sulfide) groups is 1. The minimum absolute atomic E-state index is 0.274. The van der Waals surface area contributed by atoms with Crippen molar-refractivity contribution in [3.63, 3.8) is 0 Å². The molecule has 0 saturated heterocycles. The molecule has 0 atom stereocenters. The zero-order chi connectivity index (χ0) is 12.4. The van der Waals surface area contributed by atoms with Gasteiger partial charge in [-0.15, -0.1) is 0 Å². The second-order valence-electron chi connectivity index (χ2n) is 5.60. The molecule has 0 radical (unpaired) electrons. The molecule has 2 rings (SSSR count). The molecule has 1 heterocycles. The van der Waals surface area contributed by atoms with E-state index in [4.69, 9.17) is 4.99 Å². The molecule has 0 unspecified atom stereocenters. The molecule has 0 aromatic rings. The third-order valence-electron chi connectivity index (χ3n) is 4.75. The Bertz CT molecular complexity index is 280. The lowest BCUT2D eigenvalue weighted by atomic mass is 9.90. The Morgan fingerprint density at radius 3 is 2.29 bits per heavy atom. The molecule has 2 aliphatic rings. The first kappa shape index (κ1) is 13.3. The molecule has 98 valence electrons. The van der Waals surface area contributed by atoms with Crippen LogP contribution in [0.15, 0.2) is 4.99 Å². The molecule has 3 heteroatoms. The van der Waals surface area contributed by atoms with Crippen molar-refractivity contribution in [2.24, 2.45) is 4.99 Å². The third kappa shape index (κ3) is 2.64. The highest BCUT2D eigenvalue weighted by atomic mass is 32.2. The third-order valence-corrected chi connectivity index (χ3v) is 5.90. The molecule has 1 spiro atoms. The second-order valence-corrected chi connectivity index (χ2v) is 6.57. The molecule has 0 bridgehead atoms. The van der Waals surface area contributed by atoms with Crippen LogP contribution in [0.25, 0.3) is 0 Å². The van der Waals surface area contributed by atoms with Gasteiger partial charge in [0.1, 0.15) is 0 Å². The van der Waals surface area contributed by atoms with Crippen LogP contribution >= 0.6 is 11.8 Å². The van der Waals surface area contributed by atoms with Crippen molar-refractivity contribution in [1.82, 2.24) is 5.32 Å². The van der Waals surface area contributed by atoms with E-state index in [2.05, 4.69) is 26.1 Å². The summed E-state index contributed by atoms with van der Waals surface area (Å²) >= 11 is 1.95. The summed E-state index contributed by atoms with van der Waals surface area (Å²) in [5.41, 5.74) is 0.587. The maximum Gasteiger partial charge on any atom is 0.157 e. The number of nitrogens with zero attached hydrogens (tertiary/aromatic N) is 1. The van der Waals surface area contributed by atoms with Gasteiger partial charge in [-0.2, -0.15) is 0 Å². The van der Waals surface area contributed by atoms with Crippen LogP contribution in [0.4, 0.5) is 0 Å². The molecular weight excluding hydrogens is 228 g/mol. The van der Waals surface area contributed by atoms with E-state index in [0.717, 1.165) is 0 Å². The lowest BCUT2D eigenvalue weighted by Crippen LogP contribution is -2.45. The predicted molar refractivity (Wildman–Crippen MR) is 77.8 cm³/mol. The summed E-state index contributed by atoms with van der Waals surface area (Å²) in [6.07, 6.45) is 8.92. The highest BCUT2D eigenvalue weighted by molar-refractivity contribution is 8.14. The summed E-state index contributed by atoms with van der Waals surface area (Å²) in [6, 6.07) is 0. The Balaban J connectivity index is 2.04. The number of hydrogen-bond donors (Lipinski definition) is 1. The predicted octanol–water partition coefficient (Wildman–Crippen LogP) is 3.96. The average Bonchev–Trinajstić information content (AvgIpc) is 2.98. The summed E-state index contributed by atoms with van der Waals surface area (Å²) in [5, 5.41) is 4.96. The molecule has 1 aliphatic heterocycles. The monoisotopic (exact) mass is 254 g/mol.